The number of thiazole rings is 1. The summed E-state index contributed by atoms with van der Waals surface area (Å²) in [4.78, 5) is 18.2. The van der Waals surface area contributed by atoms with Gasteiger partial charge in [0, 0.05) is 26.2 Å². The highest BCUT2D eigenvalue weighted by Crippen LogP contribution is 2.29. The number of anilines is 1. The van der Waals surface area contributed by atoms with Gasteiger partial charge in [0.15, 0.2) is 16.6 Å². The molecule has 1 saturated heterocycles. The smallest absolute Gasteiger partial charge is 0.345 e. The third-order valence-electron chi connectivity index (χ3n) is 2.75. The van der Waals surface area contributed by atoms with Crippen molar-refractivity contribution in [1.29, 1.82) is 0 Å². The van der Waals surface area contributed by atoms with Crippen LogP contribution in [0.1, 0.15) is 9.67 Å². The van der Waals surface area contributed by atoms with E-state index >= 15 is 0 Å². The van der Waals surface area contributed by atoms with Crippen molar-refractivity contribution >= 4 is 34.4 Å². The van der Waals surface area contributed by atoms with E-state index in [1.807, 2.05) is 4.90 Å². The van der Waals surface area contributed by atoms with E-state index in [1.54, 1.807) is 0 Å². The Morgan fingerprint density at radius 3 is 2.42 bits per heavy atom. The molecule has 19 heavy (non-hydrogen) atoms. The summed E-state index contributed by atoms with van der Waals surface area (Å²) in [6.45, 7) is 0.621. The van der Waals surface area contributed by atoms with E-state index in [0.717, 1.165) is 11.3 Å². The van der Waals surface area contributed by atoms with Crippen molar-refractivity contribution < 1.29 is 18.0 Å². The zero-order valence-electron chi connectivity index (χ0n) is 9.78. The Bertz CT molecular complexity index is 457. The molecule has 0 N–H and O–H groups in total. The zero-order chi connectivity index (χ0) is 14.0. The zero-order valence-corrected chi connectivity index (χ0v) is 11.4. The molecule has 9 heteroatoms. The molecule has 0 atom stereocenters. The minimum absolute atomic E-state index is 0.146. The molecule has 0 radical (unpaired) electrons. The molecule has 0 aromatic carbocycles. The van der Waals surface area contributed by atoms with Crippen LogP contribution in [0.5, 0.6) is 0 Å². The number of nitrogens with zero attached hydrogens (tertiary/aromatic N) is 3. The van der Waals surface area contributed by atoms with Gasteiger partial charge in [-0.05, 0) is 0 Å². The lowest BCUT2D eigenvalue weighted by Gasteiger charge is -2.34. The number of alkyl halides is 3. The summed E-state index contributed by atoms with van der Waals surface area (Å²) in [5, 5.41) is 0.728. The maximum Gasteiger partial charge on any atom is 0.401 e. The van der Waals surface area contributed by atoms with Gasteiger partial charge in [-0.25, -0.2) is 4.98 Å². The molecule has 106 valence electrons. The largest absolute Gasteiger partial charge is 0.401 e. The maximum atomic E-state index is 12.2. The first-order valence-electron chi connectivity index (χ1n) is 5.54. The highest BCUT2D eigenvalue weighted by molar-refractivity contribution is 7.17. The first-order chi connectivity index (χ1) is 8.89. The van der Waals surface area contributed by atoms with Crippen LogP contribution in [0.15, 0.2) is 0 Å². The normalized spacial score (nSPS) is 17.8. The second-order valence-corrected chi connectivity index (χ2v) is 5.51. The molecular formula is C10H11ClF3N3OS. The Balaban J connectivity index is 1.94. The summed E-state index contributed by atoms with van der Waals surface area (Å²) in [7, 11) is 0. The van der Waals surface area contributed by atoms with Gasteiger partial charge in [0.1, 0.15) is 4.88 Å². The van der Waals surface area contributed by atoms with Crippen LogP contribution in [-0.4, -0.2) is 55.1 Å². The second kappa shape index (κ2) is 5.64. The van der Waals surface area contributed by atoms with E-state index in [-0.39, 0.29) is 5.15 Å². The first-order valence-corrected chi connectivity index (χ1v) is 6.74. The van der Waals surface area contributed by atoms with Gasteiger partial charge in [-0.2, -0.15) is 13.2 Å². The number of rotatable bonds is 3. The third kappa shape index (κ3) is 3.80. The lowest BCUT2D eigenvalue weighted by atomic mass is 10.3. The minimum atomic E-state index is -4.17. The van der Waals surface area contributed by atoms with Crippen molar-refractivity contribution in [3.63, 3.8) is 0 Å². The van der Waals surface area contributed by atoms with E-state index < -0.39 is 12.7 Å². The lowest BCUT2D eigenvalue weighted by molar-refractivity contribution is -0.146. The predicted molar refractivity (Wildman–Crippen MR) is 67.2 cm³/mol. The first kappa shape index (κ1) is 14.5. The Labute approximate surface area is 116 Å². The lowest BCUT2D eigenvalue weighted by Crippen LogP contribution is -2.49. The Morgan fingerprint density at radius 1 is 1.32 bits per heavy atom. The van der Waals surface area contributed by atoms with Crippen LogP contribution in [0.3, 0.4) is 0 Å². The molecule has 1 aliphatic rings. The number of piperazine rings is 1. The van der Waals surface area contributed by atoms with Gasteiger partial charge in [-0.1, -0.05) is 22.9 Å². The average molecular weight is 314 g/mol. The fourth-order valence-electron chi connectivity index (χ4n) is 1.86. The molecule has 4 nitrogen and oxygen atoms in total. The van der Waals surface area contributed by atoms with Crippen LogP contribution >= 0.6 is 22.9 Å². The van der Waals surface area contributed by atoms with Crippen molar-refractivity contribution in [1.82, 2.24) is 9.88 Å². The van der Waals surface area contributed by atoms with Crippen LogP contribution in [0.4, 0.5) is 18.3 Å². The van der Waals surface area contributed by atoms with Crippen LogP contribution < -0.4 is 4.90 Å². The number of aldehydes is 1. The fraction of sp³-hybridized carbons (Fsp3) is 0.600. The molecule has 0 bridgehead atoms. The minimum Gasteiger partial charge on any atom is -0.345 e. The summed E-state index contributed by atoms with van der Waals surface area (Å²) in [5.41, 5.74) is 0. The molecule has 2 rings (SSSR count). The fourth-order valence-corrected chi connectivity index (χ4v) is 2.97. The van der Waals surface area contributed by atoms with Crippen LogP contribution in [-0.2, 0) is 0 Å². The topological polar surface area (TPSA) is 36.4 Å². The van der Waals surface area contributed by atoms with Gasteiger partial charge in [-0.15, -0.1) is 0 Å². The maximum absolute atomic E-state index is 12.2. The van der Waals surface area contributed by atoms with Crippen molar-refractivity contribution in [2.24, 2.45) is 0 Å². The molecule has 0 saturated carbocycles. The number of aromatic nitrogens is 1. The standard InChI is InChI=1S/C10H11ClF3N3OS/c11-8-7(5-18)19-9(15-8)17-3-1-16(2-4-17)6-10(12,13)14/h5H,1-4,6H2. The third-order valence-corrected chi connectivity index (χ3v) is 4.19. The molecule has 1 aliphatic heterocycles. The summed E-state index contributed by atoms with van der Waals surface area (Å²) in [6.07, 6.45) is -3.54. The number of carbonyl (C=O) groups is 1. The SMILES string of the molecule is O=Cc1sc(N2CCN(CC(F)(F)F)CC2)nc1Cl. The van der Waals surface area contributed by atoms with E-state index in [2.05, 4.69) is 4.98 Å². The van der Waals surface area contributed by atoms with Gasteiger partial charge in [-0.3, -0.25) is 9.69 Å². The summed E-state index contributed by atoms with van der Waals surface area (Å²) >= 11 is 6.92. The Hall–Kier alpha value is -0.860. The summed E-state index contributed by atoms with van der Waals surface area (Å²) < 4.78 is 36.7. The van der Waals surface area contributed by atoms with Gasteiger partial charge < -0.3 is 4.90 Å². The molecule has 1 fully saturated rings. The number of hydrogen-bond acceptors (Lipinski definition) is 5. The molecule has 0 spiro atoms. The Morgan fingerprint density at radius 2 is 1.95 bits per heavy atom. The van der Waals surface area contributed by atoms with Crippen LogP contribution in [0.25, 0.3) is 0 Å². The average Bonchev–Trinajstić information content (AvgIpc) is 2.69. The molecule has 1 aromatic heterocycles. The number of halogens is 4. The van der Waals surface area contributed by atoms with Crippen molar-refractivity contribution in [2.75, 3.05) is 37.6 Å². The second-order valence-electron chi connectivity index (χ2n) is 4.15. The number of hydrogen-bond donors (Lipinski definition) is 0. The van der Waals surface area contributed by atoms with E-state index in [0.29, 0.717) is 42.5 Å². The van der Waals surface area contributed by atoms with Crippen LogP contribution in [0.2, 0.25) is 5.15 Å². The number of carbonyl (C=O) groups excluding carboxylic acids is 1. The van der Waals surface area contributed by atoms with Crippen LogP contribution in [0, 0.1) is 0 Å². The Kier molecular flexibility index (Phi) is 4.32. The van der Waals surface area contributed by atoms with Gasteiger partial charge in [0.2, 0.25) is 0 Å². The molecule has 1 aromatic rings. The predicted octanol–water partition coefficient (Wildman–Crippen LogP) is 2.29. The molecule has 0 amide bonds. The van der Waals surface area contributed by atoms with Gasteiger partial charge in [0.25, 0.3) is 0 Å². The van der Waals surface area contributed by atoms with Crippen molar-refractivity contribution in [2.45, 2.75) is 6.18 Å². The quantitative estimate of drug-likeness (QED) is 0.802. The van der Waals surface area contributed by atoms with Gasteiger partial charge >= 0.3 is 6.18 Å². The summed E-state index contributed by atoms with van der Waals surface area (Å²) in [5.74, 6) is 0. The van der Waals surface area contributed by atoms with E-state index in [9.17, 15) is 18.0 Å². The van der Waals surface area contributed by atoms with E-state index in [4.69, 9.17) is 11.6 Å². The van der Waals surface area contributed by atoms with Crippen molar-refractivity contribution in [3.8, 4) is 0 Å². The monoisotopic (exact) mass is 313 g/mol. The summed E-state index contributed by atoms with van der Waals surface area (Å²) in [6, 6.07) is 0. The highest BCUT2D eigenvalue weighted by atomic mass is 35.5. The van der Waals surface area contributed by atoms with Crippen molar-refractivity contribution in [3.05, 3.63) is 10.0 Å². The molecule has 0 aliphatic carbocycles. The highest BCUT2D eigenvalue weighted by Gasteiger charge is 2.32. The molecular weight excluding hydrogens is 303 g/mol. The van der Waals surface area contributed by atoms with Gasteiger partial charge in [0.05, 0.1) is 6.54 Å². The molecule has 0 unspecified atom stereocenters. The van der Waals surface area contributed by atoms with E-state index in [1.165, 1.54) is 4.90 Å². The molecule has 2 heterocycles.